The highest BCUT2D eigenvalue weighted by atomic mass is 16.5. The number of esters is 1. The van der Waals surface area contributed by atoms with Crippen LogP contribution in [-0.2, 0) is 16.1 Å². The summed E-state index contributed by atoms with van der Waals surface area (Å²) < 4.78 is 32.1. The molecular weight excluding hydrogens is 470 g/mol. The zero-order valence-electron chi connectivity index (χ0n) is 21.0. The molecule has 0 aliphatic carbocycles. The summed E-state index contributed by atoms with van der Waals surface area (Å²) in [5.74, 6) is 0.887. The summed E-state index contributed by atoms with van der Waals surface area (Å²) in [5, 5.41) is 10.7. The molecule has 1 aromatic heterocycles. The minimum Gasteiger partial charge on any atom is -0.497 e. The van der Waals surface area contributed by atoms with Crippen LogP contribution >= 0.6 is 0 Å². The molecule has 0 bridgehead atoms. The Kier molecular flexibility index (Phi) is 8.71. The van der Waals surface area contributed by atoms with E-state index in [9.17, 15) is 9.59 Å². The van der Waals surface area contributed by atoms with Crippen molar-refractivity contribution in [3.05, 3.63) is 47.9 Å². The lowest BCUT2D eigenvalue weighted by Gasteiger charge is -2.20. The molecule has 1 heterocycles. The van der Waals surface area contributed by atoms with E-state index in [-0.39, 0.29) is 24.3 Å². The molecule has 0 spiro atoms. The van der Waals surface area contributed by atoms with Gasteiger partial charge in [0.05, 0.1) is 28.4 Å². The lowest BCUT2D eigenvalue weighted by molar-refractivity contribution is -0.149. The molecule has 0 aliphatic heterocycles. The maximum atomic E-state index is 12.7. The number of methoxy groups -OCH3 is 4. The fourth-order valence-electron chi connectivity index (χ4n) is 3.32. The van der Waals surface area contributed by atoms with Crippen LogP contribution in [0.2, 0.25) is 0 Å². The van der Waals surface area contributed by atoms with E-state index in [1.807, 2.05) is 0 Å². The minimum absolute atomic E-state index is 0.0797. The van der Waals surface area contributed by atoms with Gasteiger partial charge in [-0.15, -0.1) is 10.2 Å². The van der Waals surface area contributed by atoms with Gasteiger partial charge < -0.3 is 33.4 Å². The maximum Gasteiger partial charge on any atom is 0.329 e. The van der Waals surface area contributed by atoms with Crippen LogP contribution in [0.4, 0.5) is 0 Å². The van der Waals surface area contributed by atoms with Gasteiger partial charge in [0.1, 0.15) is 11.8 Å². The van der Waals surface area contributed by atoms with Crippen LogP contribution in [0.15, 0.2) is 40.8 Å². The molecule has 0 saturated heterocycles. The third-order valence-corrected chi connectivity index (χ3v) is 5.28. The van der Waals surface area contributed by atoms with Crippen molar-refractivity contribution >= 4 is 11.9 Å². The first-order chi connectivity index (χ1) is 17.3. The molecule has 0 radical (unpaired) electrons. The highest BCUT2D eigenvalue weighted by Gasteiger charge is 2.27. The Morgan fingerprint density at radius 1 is 0.917 bits per heavy atom. The topological polar surface area (TPSA) is 131 Å². The van der Waals surface area contributed by atoms with E-state index >= 15 is 0 Å². The molecule has 3 rings (SSSR count). The summed E-state index contributed by atoms with van der Waals surface area (Å²) in [6.45, 7) is 3.34. The molecule has 0 fully saturated rings. The van der Waals surface area contributed by atoms with Gasteiger partial charge in [-0.05, 0) is 42.3 Å². The number of nitrogens with one attached hydrogen (secondary N) is 1. The monoisotopic (exact) mass is 499 g/mol. The Morgan fingerprint density at radius 2 is 1.56 bits per heavy atom. The minimum atomic E-state index is -0.878. The zero-order valence-corrected chi connectivity index (χ0v) is 21.0. The van der Waals surface area contributed by atoms with Crippen molar-refractivity contribution < 1.29 is 37.7 Å². The van der Waals surface area contributed by atoms with Gasteiger partial charge in [-0.3, -0.25) is 4.79 Å². The number of nitrogens with zero attached hydrogens (tertiary/aromatic N) is 2. The predicted octanol–water partition coefficient (Wildman–Crippen LogP) is 3.27. The Morgan fingerprint density at radius 3 is 2.08 bits per heavy atom. The largest absolute Gasteiger partial charge is 0.497 e. The smallest absolute Gasteiger partial charge is 0.329 e. The van der Waals surface area contributed by atoms with Crippen molar-refractivity contribution in [3.63, 3.8) is 0 Å². The molecule has 1 amide bonds. The summed E-state index contributed by atoms with van der Waals surface area (Å²) in [5.41, 5.74) is 0.919. The second-order valence-electron chi connectivity index (χ2n) is 7.95. The normalized spacial score (nSPS) is 11.5. The Balaban J connectivity index is 1.67. The van der Waals surface area contributed by atoms with Gasteiger partial charge in [0.25, 0.3) is 11.8 Å². The first-order valence-corrected chi connectivity index (χ1v) is 11.1. The fourth-order valence-corrected chi connectivity index (χ4v) is 3.32. The maximum absolute atomic E-state index is 12.7. The first kappa shape index (κ1) is 26.3. The van der Waals surface area contributed by atoms with Crippen LogP contribution in [0, 0.1) is 5.92 Å². The molecule has 0 saturated carbocycles. The van der Waals surface area contributed by atoms with Crippen molar-refractivity contribution in [1.29, 1.82) is 0 Å². The van der Waals surface area contributed by atoms with Crippen molar-refractivity contribution in [1.82, 2.24) is 15.5 Å². The molecule has 192 valence electrons. The molecular formula is C25H29N3O8. The van der Waals surface area contributed by atoms with Gasteiger partial charge in [-0.1, -0.05) is 13.8 Å². The number of ether oxygens (including phenoxy) is 5. The summed E-state index contributed by atoms with van der Waals surface area (Å²) in [7, 11) is 6.04. The van der Waals surface area contributed by atoms with Crippen molar-refractivity contribution in [3.8, 4) is 34.5 Å². The van der Waals surface area contributed by atoms with E-state index in [1.165, 1.54) is 28.4 Å². The fraction of sp³-hybridized carbons (Fsp3) is 0.360. The molecule has 2 aromatic carbocycles. The molecule has 0 aliphatic rings. The number of amides is 1. The lowest BCUT2D eigenvalue weighted by Crippen LogP contribution is -2.45. The van der Waals surface area contributed by atoms with Crippen LogP contribution < -0.4 is 24.3 Å². The highest BCUT2D eigenvalue weighted by Crippen LogP contribution is 2.40. The number of hydrogen-bond acceptors (Lipinski definition) is 10. The number of hydrogen-bond donors (Lipinski definition) is 1. The lowest BCUT2D eigenvalue weighted by atomic mass is 10.0. The van der Waals surface area contributed by atoms with Crippen LogP contribution in [0.1, 0.15) is 30.1 Å². The van der Waals surface area contributed by atoms with E-state index in [0.29, 0.717) is 34.1 Å². The number of aromatic nitrogens is 2. The predicted molar refractivity (Wildman–Crippen MR) is 128 cm³/mol. The SMILES string of the molecule is COc1ccc(C(=O)NC(C(=O)OCc2nnc(-c3cc(OC)c(OC)c(OC)c3)o2)C(C)C)cc1. The number of benzene rings is 2. The Bertz CT molecular complexity index is 1170. The van der Waals surface area contributed by atoms with E-state index in [2.05, 4.69) is 15.5 Å². The van der Waals surface area contributed by atoms with Gasteiger partial charge in [-0.25, -0.2) is 4.79 Å². The van der Waals surface area contributed by atoms with Crippen LogP contribution in [0.25, 0.3) is 11.5 Å². The number of carbonyl (C=O) groups is 2. The first-order valence-electron chi connectivity index (χ1n) is 11.1. The Labute approximate surface area is 208 Å². The number of carbonyl (C=O) groups excluding carboxylic acids is 2. The van der Waals surface area contributed by atoms with Crippen molar-refractivity contribution in [2.45, 2.75) is 26.5 Å². The average molecular weight is 500 g/mol. The van der Waals surface area contributed by atoms with E-state index in [1.54, 1.807) is 50.2 Å². The quantitative estimate of drug-likeness (QED) is 0.392. The second-order valence-corrected chi connectivity index (χ2v) is 7.95. The molecule has 1 unspecified atom stereocenters. The van der Waals surface area contributed by atoms with E-state index < -0.39 is 17.9 Å². The summed E-state index contributed by atoms with van der Waals surface area (Å²) in [6.07, 6.45) is 0. The van der Waals surface area contributed by atoms with Crippen molar-refractivity contribution in [2.24, 2.45) is 5.92 Å². The van der Waals surface area contributed by atoms with Crippen LogP contribution in [-0.4, -0.2) is 56.6 Å². The molecule has 36 heavy (non-hydrogen) atoms. The van der Waals surface area contributed by atoms with Gasteiger partial charge in [0.15, 0.2) is 18.1 Å². The van der Waals surface area contributed by atoms with Crippen molar-refractivity contribution in [2.75, 3.05) is 28.4 Å². The Hall–Kier alpha value is -4.28. The van der Waals surface area contributed by atoms with Gasteiger partial charge in [0, 0.05) is 11.1 Å². The standard InChI is InChI=1S/C25H29N3O8/c1-14(2)21(26-23(29)15-7-9-17(31-3)10-8-15)25(30)35-13-20-27-28-24(36-20)16-11-18(32-4)22(34-6)19(12-16)33-5/h7-12,14,21H,13H2,1-6H3,(H,26,29). The zero-order chi connectivity index (χ0) is 26.2. The summed E-state index contributed by atoms with van der Waals surface area (Å²) in [4.78, 5) is 25.4. The second kappa shape index (κ2) is 11.9. The average Bonchev–Trinajstić information content (AvgIpc) is 3.38. The molecule has 11 heteroatoms. The summed E-state index contributed by atoms with van der Waals surface area (Å²) in [6, 6.07) is 9.00. The van der Waals surface area contributed by atoms with Gasteiger partial charge in [0.2, 0.25) is 11.6 Å². The molecule has 3 aromatic rings. The molecule has 1 N–H and O–H groups in total. The third kappa shape index (κ3) is 6.04. The van der Waals surface area contributed by atoms with Crippen LogP contribution in [0.3, 0.4) is 0 Å². The van der Waals surface area contributed by atoms with Gasteiger partial charge in [-0.2, -0.15) is 0 Å². The third-order valence-electron chi connectivity index (χ3n) is 5.28. The van der Waals surface area contributed by atoms with E-state index in [0.717, 1.165) is 0 Å². The summed E-state index contributed by atoms with van der Waals surface area (Å²) >= 11 is 0. The van der Waals surface area contributed by atoms with Gasteiger partial charge >= 0.3 is 5.97 Å². The van der Waals surface area contributed by atoms with E-state index in [4.69, 9.17) is 28.1 Å². The molecule has 1 atom stereocenters. The highest BCUT2D eigenvalue weighted by molar-refractivity contribution is 5.96. The number of rotatable bonds is 11. The van der Waals surface area contributed by atoms with Crippen LogP contribution in [0.5, 0.6) is 23.0 Å². The molecule has 11 nitrogen and oxygen atoms in total.